The molecular weight excluding hydrogens is 216 g/mol. The van der Waals surface area contributed by atoms with Gasteiger partial charge in [0.2, 0.25) is 0 Å². The number of H-pyrrole nitrogens is 1. The van der Waals surface area contributed by atoms with Crippen LogP contribution < -0.4 is 10.9 Å². The van der Waals surface area contributed by atoms with Gasteiger partial charge in [-0.25, -0.2) is 4.98 Å². The Kier molecular flexibility index (Phi) is 4.69. The van der Waals surface area contributed by atoms with Crippen molar-refractivity contribution in [2.75, 3.05) is 26.0 Å². The Balaban J connectivity index is 2.75. The highest BCUT2D eigenvalue weighted by Gasteiger charge is 2.07. The molecule has 1 aromatic heterocycles. The van der Waals surface area contributed by atoms with Gasteiger partial charge in [0.15, 0.2) is 0 Å². The summed E-state index contributed by atoms with van der Waals surface area (Å²) in [5.74, 6) is 1.58. The van der Waals surface area contributed by atoms with Crippen LogP contribution in [0.2, 0.25) is 0 Å². The molecule has 1 heterocycles. The van der Waals surface area contributed by atoms with Crippen LogP contribution in [0, 0.1) is 0 Å². The number of nitrogens with one attached hydrogen (secondary N) is 2. The average Bonchev–Trinajstić information content (AvgIpc) is 2.24. The van der Waals surface area contributed by atoms with Crippen molar-refractivity contribution in [3.8, 4) is 0 Å². The van der Waals surface area contributed by atoms with Crippen LogP contribution in [0.4, 0.5) is 5.82 Å². The quantitative estimate of drug-likeness (QED) is 0.810. The molecule has 2 N–H and O–H groups in total. The van der Waals surface area contributed by atoms with Crippen LogP contribution in [-0.2, 0) is 0 Å². The molecule has 1 unspecified atom stereocenters. The lowest BCUT2D eigenvalue weighted by Gasteiger charge is -2.20. The van der Waals surface area contributed by atoms with Gasteiger partial charge in [0.1, 0.15) is 11.6 Å². The first-order valence-corrected chi connectivity index (χ1v) is 5.91. The van der Waals surface area contributed by atoms with E-state index in [1.54, 1.807) is 0 Å². The molecule has 1 atom stereocenters. The molecule has 96 valence electrons. The highest BCUT2D eigenvalue weighted by atomic mass is 16.1. The molecule has 0 aliphatic heterocycles. The second-order valence-corrected chi connectivity index (χ2v) is 4.86. The van der Waals surface area contributed by atoms with Gasteiger partial charge in [-0.15, -0.1) is 0 Å². The predicted octanol–water partition coefficient (Wildman–Crippen LogP) is 1.26. The third kappa shape index (κ3) is 4.19. The van der Waals surface area contributed by atoms with Crippen molar-refractivity contribution in [3.05, 3.63) is 22.2 Å². The molecule has 5 nitrogen and oxygen atoms in total. The van der Waals surface area contributed by atoms with E-state index < -0.39 is 0 Å². The topological polar surface area (TPSA) is 61.0 Å². The molecule has 0 bridgehead atoms. The Bertz CT molecular complexity index is 411. The van der Waals surface area contributed by atoms with Crippen molar-refractivity contribution in [1.82, 2.24) is 14.9 Å². The molecule has 0 saturated heterocycles. The Morgan fingerprint density at radius 3 is 2.59 bits per heavy atom. The van der Waals surface area contributed by atoms with E-state index in [0.717, 1.165) is 12.4 Å². The summed E-state index contributed by atoms with van der Waals surface area (Å²) in [6, 6.07) is 1.88. The van der Waals surface area contributed by atoms with E-state index in [2.05, 4.69) is 27.1 Å². The second-order valence-electron chi connectivity index (χ2n) is 4.86. The number of nitrogens with zero attached hydrogens (tertiary/aromatic N) is 2. The van der Waals surface area contributed by atoms with Gasteiger partial charge < -0.3 is 15.2 Å². The molecule has 17 heavy (non-hydrogen) atoms. The molecule has 0 aliphatic carbocycles. The Labute approximate surface area is 102 Å². The zero-order valence-corrected chi connectivity index (χ0v) is 11.2. The van der Waals surface area contributed by atoms with Crippen LogP contribution in [0.5, 0.6) is 0 Å². The summed E-state index contributed by atoms with van der Waals surface area (Å²) in [4.78, 5) is 20.7. The van der Waals surface area contributed by atoms with Crippen molar-refractivity contribution in [2.24, 2.45) is 0 Å². The number of aromatic amines is 1. The molecule has 0 amide bonds. The first-order valence-electron chi connectivity index (χ1n) is 5.91. The summed E-state index contributed by atoms with van der Waals surface area (Å²) in [6.07, 6.45) is 0. The number of aromatic nitrogens is 2. The van der Waals surface area contributed by atoms with Gasteiger partial charge in [-0.1, -0.05) is 13.8 Å². The van der Waals surface area contributed by atoms with E-state index in [1.165, 1.54) is 6.07 Å². The maximum absolute atomic E-state index is 11.4. The minimum Gasteiger partial charge on any atom is -0.368 e. The van der Waals surface area contributed by atoms with E-state index >= 15 is 0 Å². The summed E-state index contributed by atoms with van der Waals surface area (Å²) in [7, 11) is 4.05. The van der Waals surface area contributed by atoms with Crippen LogP contribution in [0.1, 0.15) is 32.5 Å². The minimum absolute atomic E-state index is 0.108. The average molecular weight is 238 g/mol. The van der Waals surface area contributed by atoms with E-state index in [4.69, 9.17) is 0 Å². The number of anilines is 1. The third-order valence-corrected chi connectivity index (χ3v) is 2.77. The molecule has 0 aromatic carbocycles. The summed E-state index contributed by atoms with van der Waals surface area (Å²) in [5.41, 5.74) is -0.108. The molecule has 0 spiro atoms. The van der Waals surface area contributed by atoms with Crippen molar-refractivity contribution < 1.29 is 0 Å². The predicted molar refractivity (Wildman–Crippen MR) is 70.6 cm³/mol. The van der Waals surface area contributed by atoms with Gasteiger partial charge in [0, 0.05) is 24.6 Å². The second kappa shape index (κ2) is 5.82. The van der Waals surface area contributed by atoms with Crippen LogP contribution in [0.15, 0.2) is 10.9 Å². The van der Waals surface area contributed by atoms with Crippen LogP contribution in [0.3, 0.4) is 0 Å². The van der Waals surface area contributed by atoms with E-state index in [9.17, 15) is 4.79 Å². The zero-order valence-electron chi connectivity index (χ0n) is 11.2. The summed E-state index contributed by atoms with van der Waals surface area (Å²) >= 11 is 0. The maximum Gasteiger partial charge on any atom is 0.252 e. The van der Waals surface area contributed by atoms with Crippen molar-refractivity contribution >= 4 is 5.82 Å². The molecule has 0 fully saturated rings. The number of likely N-dealkylation sites (N-methyl/N-ethyl adjacent to an activating group) is 1. The van der Waals surface area contributed by atoms with Gasteiger partial charge in [0.25, 0.3) is 5.56 Å². The normalized spacial score (nSPS) is 13.1. The van der Waals surface area contributed by atoms with Gasteiger partial charge in [-0.3, -0.25) is 4.79 Å². The maximum atomic E-state index is 11.4. The third-order valence-electron chi connectivity index (χ3n) is 2.77. The van der Waals surface area contributed by atoms with Gasteiger partial charge in [-0.05, 0) is 21.0 Å². The fourth-order valence-electron chi connectivity index (χ4n) is 1.28. The first kappa shape index (κ1) is 13.7. The smallest absolute Gasteiger partial charge is 0.252 e. The molecule has 0 aliphatic rings. The molecule has 1 rings (SSSR count). The van der Waals surface area contributed by atoms with Crippen LogP contribution in [-0.4, -0.2) is 41.5 Å². The minimum atomic E-state index is -0.108. The summed E-state index contributed by atoms with van der Waals surface area (Å²) < 4.78 is 0. The standard InChI is InChI=1S/C12H22N4O/c1-8(2)12-14-10(6-11(17)15-12)13-7-9(3)16(4)5/h6,8-9H,7H2,1-5H3,(H2,13,14,15,17). The molecule has 5 heteroatoms. The molecular formula is C12H22N4O. The Hall–Kier alpha value is -1.36. The van der Waals surface area contributed by atoms with E-state index in [0.29, 0.717) is 11.9 Å². The Morgan fingerprint density at radius 1 is 1.41 bits per heavy atom. The summed E-state index contributed by atoms with van der Waals surface area (Å²) in [5, 5.41) is 3.19. The van der Waals surface area contributed by atoms with E-state index in [-0.39, 0.29) is 11.5 Å². The van der Waals surface area contributed by atoms with Gasteiger partial charge >= 0.3 is 0 Å². The van der Waals surface area contributed by atoms with Gasteiger partial charge in [0.05, 0.1) is 0 Å². The highest BCUT2D eigenvalue weighted by Crippen LogP contribution is 2.09. The highest BCUT2D eigenvalue weighted by molar-refractivity contribution is 5.33. The van der Waals surface area contributed by atoms with Crippen molar-refractivity contribution in [1.29, 1.82) is 0 Å². The van der Waals surface area contributed by atoms with Crippen LogP contribution in [0.25, 0.3) is 0 Å². The van der Waals surface area contributed by atoms with Gasteiger partial charge in [-0.2, -0.15) is 0 Å². The van der Waals surface area contributed by atoms with Crippen molar-refractivity contribution in [2.45, 2.75) is 32.7 Å². The molecule has 1 aromatic rings. The zero-order chi connectivity index (χ0) is 13.0. The number of rotatable bonds is 5. The lowest BCUT2D eigenvalue weighted by molar-refractivity contribution is 0.326. The number of hydrogen-bond donors (Lipinski definition) is 2. The number of hydrogen-bond acceptors (Lipinski definition) is 4. The van der Waals surface area contributed by atoms with Crippen LogP contribution >= 0.6 is 0 Å². The monoisotopic (exact) mass is 238 g/mol. The van der Waals surface area contributed by atoms with Crippen molar-refractivity contribution in [3.63, 3.8) is 0 Å². The lowest BCUT2D eigenvalue weighted by atomic mass is 10.2. The SMILES string of the molecule is CC(C)c1nc(NCC(C)N(C)C)cc(=O)[nH]1. The first-order chi connectivity index (χ1) is 7.90. The Morgan fingerprint density at radius 2 is 2.06 bits per heavy atom. The molecule has 0 radical (unpaired) electrons. The lowest BCUT2D eigenvalue weighted by Crippen LogP contribution is -2.32. The fraction of sp³-hybridized carbons (Fsp3) is 0.667. The largest absolute Gasteiger partial charge is 0.368 e. The van der Waals surface area contributed by atoms with E-state index in [1.807, 2.05) is 27.9 Å². The molecule has 0 saturated carbocycles. The summed E-state index contributed by atoms with van der Waals surface area (Å²) in [6.45, 7) is 6.89. The fourth-order valence-corrected chi connectivity index (χ4v) is 1.28.